The van der Waals surface area contributed by atoms with E-state index in [-0.39, 0.29) is 11.2 Å². The van der Waals surface area contributed by atoms with E-state index >= 15 is 0 Å². The van der Waals surface area contributed by atoms with Gasteiger partial charge in [-0.05, 0) is 55.8 Å². The molecule has 1 aliphatic heterocycles. The Labute approximate surface area is 116 Å². The number of morpholine rings is 1. The van der Waals surface area contributed by atoms with Gasteiger partial charge < -0.3 is 4.74 Å². The largest absolute Gasteiger partial charge is 0.367 e. The molecule has 0 saturated carbocycles. The van der Waals surface area contributed by atoms with Crippen LogP contribution in [0, 0.1) is 0 Å². The molecule has 0 atom stereocenters. The normalized spacial score (nSPS) is 23.8. The zero-order valence-electron chi connectivity index (χ0n) is 10.9. The van der Waals surface area contributed by atoms with Crippen LogP contribution in [0.3, 0.4) is 0 Å². The highest BCUT2D eigenvalue weighted by Crippen LogP contribution is 2.30. The van der Waals surface area contributed by atoms with E-state index in [1.54, 1.807) is 0 Å². The van der Waals surface area contributed by atoms with Crippen molar-refractivity contribution in [3.8, 4) is 0 Å². The molecule has 2 nitrogen and oxygen atoms in total. The Bertz CT molecular complexity index is 384. The summed E-state index contributed by atoms with van der Waals surface area (Å²) in [4.78, 5) is 3.90. The molecule has 0 spiro atoms. The van der Waals surface area contributed by atoms with Crippen LogP contribution in [-0.4, -0.2) is 29.2 Å². The van der Waals surface area contributed by atoms with Gasteiger partial charge in [0, 0.05) is 24.5 Å². The van der Waals surface area contributed by atoms with E-state index in [1.165, 1.54) is 8.66 Å². The minimum Gasteiger partial charge on any atom is -0.367 e. The summed E-state index contributed by atoms with van der Waals surface area (Å²) in [5.41, 5.74) is -0.119. The number of ether oxygens (including phenoxy) is 1. The van der Waals surface area contributed by atoms with Crippen molar-refractivity contribution in [3.63, 3.8) is 0 Å². The van der Waals surface area contributed by atoms with Gasteiger partial charge in [-0.25, -0.2) is 0 Å². The Morgan fingerprint density at radius 2 is 1.82 bits per heavy atom. The van der Waals surface area contributed by atoms with Gasteiger partial charge in [0.2, 0.25) is 0 Å². The maximum atomic E-state index is 6.09. The highest BCUT2D eigenvalue weighted by atomic mass is 79.9. The van der Waals surface area contributed by atoms with Crippen LogP contribution >= 0.6 is 27.3 Å². The lowest BCUT2D eigenvalue weighted by atomic mass is 9.99. The molecule has 0 aromatic carbocycles. The lowest BCUT2D eigenvalue weighted by Gasteiger charge is -2.47. The van der Waals surface area contributed by atoms with Crippen molar-refractivity contribution < 1.29 is 4.74 Å². The molecule has 1 saturated heterocycles. The second-order valence-electron chi connectivity index (χ2n) is 5.97. The smallest absolute Gasteiger partial charge is 0.0760 e. The fourth-order valence-electron chi connectivity index (χ4n) is 2.71. The van der Waals surface area contributed by atoms with Crippen LogP contribution in [0.1, 0.15) is 32.6 Å². The first kappa shape index (κ1) is 13.5. The molecule has 0 aliphatic carbocycles. The second-order valence-corrected chi connectivity index (χ2v) is 8.52. The third kappa shape index (κ3) is 3.78. The van der Waals surface area contributed by atoms with E-state index in [9.17, 15) is 0 Å². The molecule has 1 aromatic rings. The summed E-state index contributed by atoms with van der Waals surface area (Å²) < 4.78 is 7.29. The maximum absolute atomic E-state index is 6.09. The van der Waals surface area contributed by atoms with E-state index in [0.717, 1.165) is 19.6 Å². The summed E-state index contributed by atoms with van der Waals surface area (Å²) in [6.45, 7) is 11.7. The monoisotopic (exact) mass is 317 g/mol. The standard InChI is InChI=1S/C13H20BrNOS/c1-12(2)8-15(9-13(3,4)16-12)7-10-5-6-11(14)17-10/h5-6H,7-9H2,1-4H3. The van der Waals surface area contributed by atoms with Crippen molar-refractivity contribution in [2.24, 2.45) is 0 Å². The van der Waals surface area contributed by atoms with Gasteiger partial charge in [-0.2, -0.15) is 0 Å². The van der Waals surface area contributed by atoms with E-state index < -0.39 is 0 Å². The Balaban J connectivity index is 2.06. The predicted octanol–water partition coefficient (Wildman–Crippen LogP) is 3.90. The first-order valence-corrected chi connectivity index (χ1v) is 7.54. The highest BCUT2D eigenvalue weighted by Gasteiger charge is 2.37. The summed E-state index contributed by atoms with van der Waals surface area (Å²) in [5.74, 6) is 0. The van der Waals surface area contributed by atoms with Crippen LogP contribution in [0.5, 0.6) is 0 Å². The number of rotatable bonds is 2. The van der Waals surface area contributed by atoms with Crippen molar-refractivity contribution in [3.05, 3.63) is 20.8 Å². The lowest BCUT2D eigenvalue weighted by molar-refractivity contribution is -0.182. The maximum Gasteiger partial charge on any atom is 0.0760 e. The molecule has 4 heteroatoms. The van der Waals surface area contributed by atoms with Gasteiger partial charge in [0.1, 0.15) is 0 Å². The van der Waals surface area contributed by atoms with Gasteiger partial charge in [-0.15, -0.1) is 11.3 Å². The van der Waals surface area contributed by atoms with E-state index in [1.807, 2.05) is 11.3 Å². The molecule has 0 unspecified atom stereocenters. The van der Waals surface area contributed by atoms with Crippen molar-refractivity contribution in [1.29, 1.82) is 0 Å². The summed E-state index contributed by atoms with van der Waals surface area (Å²) in [6, 6.07) is 4.32. The van der Waals surface area contributed by atoms with Crippen molar-refractivity contribution in [2.75, 3.05) is 13.1 Å². The molecule has 0 bridgehead atoms. The fourth-order valence-corrected chi connectivity index (χ4v) is 4.24. The van der Waals surface area contributed by atoms with E-state index in [2.05, 4.69) is 60.7 Å². The van der Waals surface area contributed by atoms with Gasteiger partial charge in [0.05, 0.1) is 15.0 Å². The topological polar surface area (TPSA) is 12.5 Å². The average molecular weight is 318 g/mol. The van der Waals surface area contributed by atoms with Crippen molar-refractivity contribution >= 4 is 27.3 Å². The zero-order chi connectivity index (χ0) is 12.7. The van der Waals surface area contributed by atoms with Crippen molar-refractivity contribution in [1.82, 2.24) is 4.90 Å². The van der Waals surface area contributed by atoms with Crippen LogP contribution < -0.4 is 0 Å². The van der Waals surface area contributed by atoms with Crippen LogP contribution in [0.25, 0.3) is 0 Å². The molecule has 2 rings (SSSR count). The van der Waals surface area contributed by atoms with Gasteiger partial charge in [0.25, 0.3) is 0 Å². The molecule has 0 N–H and O–H groups in total. The quantitative estimate of drug-likeness (QED) is 0.820. The number of hydrogen-bond acceptors (Lipinski definition) is 3. The lowest BCUT2D eigenvalue weighted by Crippen LogP contribution is -2.56. The Kier molecular flexibility index (Phi) is 3.70. The van der Waals surface area contributed by atoms with Crippen molar-refractivity contribution in [2.45, 2.75) is 45.4 Å². The first-order valence-electron chi connectivity index (χ1n) is 5.93. The molecule has 1 aliphatic rings. The minimum absolute atomic E-state index is 0.0593. The molecule has 96 valence electrons. The molecular weight excluding hydrogens is 298 g/mol. The molecule has 17 heavy (non-hydrogen) atoms. The van der Waals surface area contributed by atoms with Crippen LogP contribution in [-0.2, 0) is 11.3 Å². The fraction of sp³-hybridized carbons (Fsp3) is 0.692. The number of thiophene rings is 1. The Morgan fingerprint density at radius 1 is 1.24 bits per heavy atom. The number of hydrogen-bond donors (Lipinski definition) is 0. The third-order valence-electron chi connectivity index (χ3n) is 2.77. The summed E-state index contributed by atoms with van der Waals surface area (Å²) in [5, 5.41) is 0. The van der Waals surface area contributed by atoms with E-state index in [0.29, 0.717) is 0 Å². The van der Waals surface area contributed by atoms with Gasteiger partial charge >= 0.3 is 0 Å². The summed E-state index contributed by atoms with van der Waals surface area (Å²) in [6.07, 6.45) is 0. The highest BCUT2D eigenvalue weighted by molar-refractivity contribution is 9.11. The molecule has 0 radical (unpaired) electrons. The number of halogens is 1. The summed E-state index contributed by atoms with van der Waals surface area (Å²) in [7, 11) is 0. The zero-order valence-corrected chi connectivity index (χ0v) is 13.3. The average Bonchev–Trinajstić information content (AvgIpc) is 2.44. The molecule has 0 amide bonds. The Morgan fingerprint density at radius 3 is 2.29 bits per heavy atom. The van der Waals surface area contributed by atoms with Gasteiger partial charge in [0.15, 0.2) is 0 Å². The molecule has 2 heterocycles. The van der Waals surface area contributed by atoms with Crippen LogP contribution in [0.15, 0.2) is 15.9 Å². The van der Waals surface area contributed by atoms with Crippen LogP contribution in [0.2, 0.25) is 0 Å². The SMILES string of the molecule is CC1(C)CN(Cc2ccc(Br)s2)CC(C)(C)O1. The Hall–Kier alpha value is 0.1000. The summed E-state index contributed by atoms with van der Waals surface area (Å²) >= 11 is 5.33. The first-order chi connectivity index (χ1) is 7.76. The molecule has 1 fully saturated rings. The predicted molar refractivity (Wildman–Crippen MR) is 76.5 cm³/mol. The minimum atomic E-state index is -0.0593. The van der Waals surface area contributed by atoms with Gasteiger partial charge in [-0.3, -0.25) is 4.90 Å². The van der Waals surface area contributed by atoms with Gasteiger partial charge in [-0.1, -0.05) is 0 Å². The molecular formula is C13H20BrNOS. The third-order valence-corrected chi connectivity index (χ3v) is 4.38. The molecule has 1 aromatic heterocycles. The second kappa shape index (κ2) is 4.65. The van der Waals surface area contributed by atoms with Crippen LogP contribution in [0.4, 0.5) is 0 Å². The van der Waals surface area contributed by atoms with E-state index in [4.69, 9.17) is 4.74 Å². The number of nitrogens with zero attached hydrogens (tertiary/aromatic N) is 1.